The molecule has 1 atom stereocenters. The van der Waals surface area contributed by atoms with Crippen molar-refractivity contribution in [3.63, 3.8) is 0 Å². The van der Waals surface area contributed by atoms with Crippen molar-refractivity contribution < 1.29 is 9.62 Å². The Hall–Kier alpha value is -1.17. The fourth-order valence-electron chi connectivity index (χ4n) is 1.07. The van der Waals surface area contributed by atoms with Crippen LogP contribution in [0.3, 0.4) is 0 Å². The van der Waals surface area contributed by atoms with E-state index in [9.17, 15) is 0 Å². The molecule has 6 heteroatoms. The Morgan fingerprint density at radius 2 is 2.53 bits per heavy atom. The van der Waals surface area contributed by atoms with E-state index in [1.807, 2.05) is 13.8 Å². The number of hydrogen-bond acceptors (Lipinski definition) is 5. The van der Waals surface area contributed by atoms with E-state index in [0.717, 1.165) is 12.1 Å². The van der Waals surface area contributed by atoms with Gasteiger partial charge in [-0.1, -0.05) is 23.8 Å². The molecule has 1 aromatic heterocycles. The summed E-state index contributed by atoms with van der Waals surface area (Å²) < 4.78 is 5.22. The molecule has 1 heterocycles. The Morgan fingerprint density at radius 1 is 1.80 bits per heavy atom. The quantitative estimate of drug-likeness (QED) is 0.265. The zero-order valence-corrected chi connectivity index (χ0v) is 9.62. The predicted octanol–water partition coefficient (Wildman–Crippen LogP) is 1.99. The molecule has 0 aromatic carbocycles. The van der Waals surface area contributed by atoms with Crippen molar-refractivity contribution in [2.75, 3.05) is 0 Å². The highest BCUT2D eigenvalue weighted by molar-refractivity contribution is 7.99. The SMILES string of the molecule is CCC(CC(N)=NO)Sc1nc(C)co1. The van der Waals surface area contributed by atoms with Crippen LogP contribution in [0.15, 0.2) is 21.1 Å². The van der Waals surface area contributed by atoms with Gasteiger partial charge in [0.05, 0.1) is 5.69 Å². The molecule has 0 spiro atoms. The van der Waals surface area contributed by atoms with E-state index in [1.54, 1.807) is 6.26 Å². The Morgan fingerprint density at radius 3 is 3.00 bits per heavy atom. The number of nitrogens with zero attached hydrogens (tertiary/aromatic N) is 2. The van der Waals surface area contributed by atoms with Gasteiger partial charge in [-0.2, -0.15) is 0 Å². The molecule has 15 heavy (non-hydrogen) atoms. The normalized spacial score (nSPS) is 14.1. The first kappa shape index (κ1) is 11.9. The number of nitrogens with two attached hydrogens (primary N) is 1. The second kappa shape index (κ2) is 5.65. The minimum atomic E-state index is 0.221. The molecule has 1 aromatic rings. The topological polar surface area (TPSA) is 84.6 Å². The van der Waals surface area contributed by atoms with Gasteiger partial charge < -0.3 is 15.4 Å². The van der Waals surface area contributed by atoms with E-state index >= 15 is 0 Å². The lowest BCUT2D eigenvalue weighted by Gasteiger charge is -2.10. The molecule has 0 aliphatic carbocycles. The van der Waals surface area contributed by atoms with Crippen molar-refractivity contribution in [1.29, 1.82) is 0 Å². The largest absolute Gasteiger partial charge is 0.440 e. The summed E-state index contributed by atoms with van der Waals surface area (Å²) in [5.41, 5.74) is 6.30. The molecule has 1 rings (SSSR count). The van der Waals surface area contributed by atoms with Crippen LogP contribution in [-0.2, 0) is 0 Å². The smallest absolute Gasteiger partial charge is 0.256 e. The van der Waals surface area contributed by atoms with Gasteiger partial charge in [0, 0.05) is 11.7 Å². The number of aromatic nitrogens is 1. The van der Waals surface area contributed by atoms with Crippen molar-refractivity contribution in [2.45, 2.75) is 37.2 Å². The molecule has 0 saturated carbocycles. The Labute approximate surface area is 92.7 Å². The third-order valence-electron chi connectivity index (χ3n) is 1.89. The number of oxime groups is 1. The summed E-state index contributed by atoms with van der Waals surface area (Å²) in [6.07, 6.45) is 3.04. The van der Waals surface area contributed by atoms with Crippen LogP contribution in [0.5, 0.6) is 0 Å². The zero-order chi connectivity index (χ0) is 11.3. The van der Waals surface area contributed by atoms with E-state index in [0.29, 0.717) is 11.6 Å². The van der Waals surface area contributed by atoms with Crippen molar-refractivity contribution in [1.82, 2.24) is 4.98 Å². The summed E-state index contributed by atoms with van der Waals surface area (Å²) in [5, 5.41) is 12.3. The van der Waals surface area contributed by atoms with Crippen molar-refractivity contribution in [3.05, 3.63) is 12.0 Å². The first-order valence-electron chi connectivity index (χ1n) is 4.70. The van der Waals surface area contributed by atoms with Crippen LogP contribution in [0.4, 0.5) is 0 Å². The van der Waals surface area contributed by atoms with E-state index in [4.69, 9.17) is 15.4 Å². The van der Waals surface area contributed by atoms with E-state index in [-0.39, 0.29) is 11.1 Å². The van der Waals surface area contributed by atoms with Crippen LogP contribution in [-0.4, -0.2) is 21.3 Å². The lowest BCUT2D eigenvalue weighted by Crippen LogP contribution is -2.18. The molecule has 0 aliphatic heterocycles. The van der Waals surface area contributed by atoms with Crippen LogP contribution >= 0.6 is 11.8 Å². The number of amidine groups is 1. The van der Waals surface area contributed by atoms with Crippen LogP contribution in [0, 0.1) is 6.92 Å². The van der Waals surface area contributed by atoms with Gasteiger partial charge in [0.25, 0.3) is 5.22 Å². The second-order valence-corrected chi connectivity index (χ2v) is 4.45. The zero-order valence-electron chi connectivity index (χ0n) is 8.80. The van der Waals surface area contributed by atoms with Gasteiger partial charge in [0.1, 0.15) is 12.1 Å². The predicted molar refractivity (Wildman–Crippen MR) is 59.2 cm³/mol. The molecule has 0 radical (unpaired) electrons. The van der Waals surface area contributed by atoms with Crippen molar-refractivity contribution >= 4 is 17.6 Å². The number of thioether (sulfide) groups is 1. The van der Waals surface area contributed by atoms with Gasteiger partial charge in [0.2, 0.25) is 0 Å². The van der Waals surface area contributed by atoms with E-state index < -0.39 is 0 Å². The van der Waals surface area contributed by atoms with Crippen LogP contribution in [0.2, 0.25) is 0 Å². The number of oxazole rings is 1. The highest BCUT2D eigenvalue weighted by atomic mass is 32.2. The summed E-state index contributed by atoms with van der Waals surface area (Å²) in [4.78, 5) is 4.18. The lowest BCUT2D eigenvalue weighted by atomic mass is 10.2. The van der Waals surface area contributed by atoms with Crippen LogP contribution in [0.1, 0.15) is 25.5 Å². The average molecular weight is 229 g/mol. The summed E-state index contributed by atoms with van der Waals surface area (Å²) in [5.74, 6) is 0.234. The Bertz CT molecular complexity index is 338. The van der Waals surface area contributed by atoms with E-state index in [2.05, 4.69) is 10.1 Å². The monoisotopic (exact) mass is 229 g/mol. The standard InChI is InChI=1S/C9H15N3O2S/c1-3-7(4-8(10)12-13)15-9-11-6(2)5-14-9/h5,7,13H,3-4H2,1-2H3,(H2,10,12). The summed E-state index contributed by atoms with van der Waals surface area (Å²) in [6.45, 7) is 3.91. The summed E-state index contributed by atoms with van der Waals surface area (Å²) in [6, 6.07) is 0. The molecule has 84 valence electrons. The van der Waals surface area contributed by atoms with Gasteiger partial charge in [-0.25, -0.2) is 4.98 Å². The van der Waals surface area contributed by atoms with Gasteiger partial charge in [-0.05, 0) is 13.3 Å². The number of hydrogen-bond donors (Lipinski definition) is 2. The maximum atomic E-state index is 8.46. The third kappa shape index (κ3) is 3.83. The highest BCUT2D eigenvalue weighted by Gasteiger charge is 2.13. The summed E-state index contributed by atoms with van der Waals surface area (Å²) in [7, 11) is 0. The van der Waals surface area contributed by atoms with Gasteiger partial charge >= 0.3 is 0 Å². The molecule has 3 N–H and O–H groups in total. The Kier molecular flexibility index (Phi) is 4.48. The molecular weight excluding hydrogens is 214 g/mol. The Balaban J connectivity index is 2.54. The highest BCUT2D eigenvalue weighted by Crippen LogP contribution is 2.26. The molecule has 5 nitrogen and oxygen atoms in total. The minimum Gasteiger partial charge on any atom is -0.440 e. The summed E-state index contributed by atoms with van der Waals surface area (Å²) >= 11 is 1.50. The molecule has 0 amide bonds. The van der Waals surface area contributed by atoms with Crippen molar-refractivity contribution in [2.24, 2.45) is 10.9 Å². The van der Waals surface area contributed by atoms with Crippen LogP contribution in [0.25, 0.3) is 0 Å². The molecule has 0 aliphatic rings. The van der Waals surface area contributed by atoms with Gasteiger partial charge in [0.15, 0.2) is 0 Å². The third-order valence-corrected chi connectivity index (χ3v) is 3.11. The fourth-order valence-corrected chi connectivity index (χ4v) is 2.08. The first-order chi connectivity index (χ1) is 7.15. The molecule has 0 saturated heterocycles. The molecule has 0 bridgehead atoms. The maximum Gasteiger partial charge on any atom is 0.256 e. The second-order valence-electron chi connectivity index (χ2n) is 3.20. The molecule has 0 fully saturated rings. The fraction of sp³-hybridized carbons (Fsp3) is 0.556. The maximum absolute atomic E-state index is 8.46. The molecule has 1 unspecified atom stereocenters. The van der Waals surface area contributed by atoms with Gasteiger partial charge in [-0.3, -0.25) is 0 Å². The first-order valence-corrected chi connectivity index (χ1v) is 5.58. The minimum absolute atomic E-state index is 0.221. The van der Waals surface area contributed by atoms with Crippen molar-refractivity contribution in [3.8, 4) is 0 Å². The van der Waals surface area contributed by atoms with E-state index in [1.165, 1.54) is 11.8 Å². The number of aryl methyl sites for hydroxylation is 1. The lowest BCUT2D eigenvalue weighted by molar-refractivity contribution is 0.316. The molecular formula is C9H15N3O2S. The average Bonchev–Trinajstić information content (AvgIpc) is 2.62. The van der Waals surface area contributed by atoms with Crippen LogP contribution < -0.4 is 5.73 Å². The number of rotatable bonds is 5. The van der Waals surface area contributed by atoms with Gasteiger partial charge in [-0.15, -0.1) is 0 Å².